The van der Waals surface area contributed by atoms with Gasteiger partial charge < -0.3 is 5.32 Å². The molecule has 1 atom stereocenters. The van der Waals surface area contributed by atoms with Gasteiger partial charge in [-0.3, -0.25) is 4.90 Å². The summed E-state index contributed by atoms with van der Waals surface area (Å²) >= 11 is 2.11. The molecule has 16 heavy (non-hydrogen) atoms. The number of hydrogen-bond acceptors (Lipinski definition) is 3. The van der Waals surface area contributed by atoms with Crippen LogP contribution in [-0.2, 0) is 0 Å². The van der Waals surface area contributed by atoms with E-state index in [-0.39, 0.29) is 0 Å². The third-order valence-electron chi connectivity index (χ3n) is 3.95. The van der Waals surface area contributed by atoms with Crippen molar-refractivity contribution in [3.05, 3.63) is 0 Å². The van der Waals surface area contributed by atoms with Gasteiger partial charge in [0.1, 0.15) is 0 Å². The summed E-state index contributed by atoms with van der Waals surface area (Å²) in [5.74, 6) is 2.61. The number of thioether (sulfide) groups is 1. The summed E-state index contributed by atoms with van der Waals surface area (Å²) in [5.41, 5.74) is 0. The van der Waals surface area contributed by atoms with Crippen molar-refractivity contribution < 1.29 is 0 Å². The molecule has 0 aromatic carbocycles. The molecule has 1 saturated carbocycles. The molecule has 94 valence electrons. The third kappa shape index (κ3) is 3.64. The molecule has 0 amide bonds. The molecular weight excluding hydrogens is 216 g/mol. The molecular formula is C13H26N2S. The van der Waals surface area contributed by atoms with E-state index in [0.29, 0.717) is 0 Å². The van der Waals surface area contributed by atoms with Crippen LogP contribution in [0.15, 0.2) is 0 Å². The molecule has 2 fully saturated rings. The van der Waals surface area contributed by atoms with Crippen molar-refractivity contribution in [2.24, 2.45) is 0 Å². The Morgan fingerprint density at radius 2 is 2.06 bits per heavy atom. The first kappa shape index (κ1) is 12.7. The zero-order valence-electron chi connectivity index (χ0n) is 10.6. The first-order valence-corrected chi connectivity index (χ1v) is 8.11. The lowest BCUT2D eigenvalue weighted by Crippen LogP contribution is -2.49. The van der Waals surface area contributed by atoms with Gasteiger partial charge in [-0.2, -0.15) is 11.8 Å². The second kappa shape index (κ2) is 6.87. The van der Waals surface area contributed by atoms with Crippen molar-refractivity contribution in [3.8, 4) is 0 Å². The maximum absolute atomic E-state index is 3.66. The second-order valence-electron chi connectivity index (χ2n) is 5.11. The van der Waals surface area contributed by atoms with Crippen molar-refractivity contribution in [2.45, 2.75) is 51.1 Å². The van der Waals surface area contributed by atoms with E-state index < -0.39 is 0 Å². The van der Waals surface area contributed by atoms with E-state index in [9.17, 15) is 0 Å². The van der Waals surface area contributed by atoms with Gasteiger partial charge in [0, 0.05) is 36.7 Å². The lowest BCUT2D eigenvalue weighted by atomic mass is 9.94. The molecule has 0 aromatic heterocycles. The highest BCUT2D eigenvalue weighted by molar-refractivity contribution is 7.99. The topological polar surface area (TPSA) is 15.3 Å². The molecule has 1 heterocycles. The van der Waals surface area contributed by atoms with Gasteiger partial charge in [0.25, 0.3) is 0 Å². The fourth-order valence-electron chi connectivity index (χ4n) is 3.00. The van der Waals surface area contributed by atoms with Crippen LogP contribution in [-0.4, -0.2) is 48.1 Å². The van der Waals surface area contributed by atoms with Crippen LogP contribution in [0.5, 0.6) is 0 Å². The summed E-state index contributed by atoms with van der Waals surface area (Å²) in [4.78, 5) is 2.72. The quantitative estimate of drug-likeness (QED) is 0.815. The average molecular weight is 242 g/mol. The van der Waals surface area contributed by atoms with Crippen molar-refractivity contribution in [1.82, 2.24) is 10.2 Å². The van der Waals surface area contributed by atoms with Gasteiger partial charge in [0.2, 0.25) is 0 Å². The van der Waals surface area contributed by atoms with E-state index in [1.807, 2.05) is 0 Å². The predicted molar refractivity (Wildman–Crippen MR) is 73.2 cm³/mol. The molecule has 1 saturated heterocycles. The molecule has 2 nitrogen and oxygen atoms in total. The largest absolute Gasteiger partial charge is 0.311 e. The molecule has 1 unspecified atom stereocenters. The minimum Gasteiger partial charge on any atom is -0.311 e. The zero-order valence-corrected chi connectivity index (χ0v) is 11.4. The highest BCUT2D eigenvalue weighted by Gasteiger charge is 2.23. The van der Waals surface area contributed by atoms with Crippen molar-refractivity contribution >= 4 is 11.8 Å². The van der Waals surface area contributed by atoms with Gasteiger partial charge in [0.05, 0.1) is 0 Å². The Kier molecular flexibility index (Phi) is 5.46. The minimum atomic E-state index is 0.737. The Balaban J connectivity index is 1.78. The van der Waals surface area contributed by atoms with Gasteiger partial charge in [-0.25, -0.2) is 0 Å². The summed E-state index contributed by atoms with van der Waals surface area (Å²) in [6, 6.07) is 1.62. The summed E-state index contributed by atoms with van der Waals surface area (Å²) in [7, 11) is 0. The monoisotopic (exact) mass is 242 g/mol. The van der Waals surface area contributed by atoms with E-state index in [4.69, 9.17) is 0 Å². The van der Waals surface area contributed by atoms with Gasteiger partial charge >= 0.3 is 0 Å². The summed E-state index contributed by atoms with van der Waals surface area (Å²) in [5, 5.41) is 3.66. The van der Waals surface area contributed by atoms with Gasteiger partial charge in [-0.1, -0.05) is 26.2 Å². The SMILES string of the molecule is CCN(CC1CSCCN1)C1CCCCC1. The maximum Gasteiger partial charge on any atom is 0.0286 e. The fourth-order valence-corrected chi connectivity index (χ4v) is 3.94. The second-order valence-corrected chi connectivity index (χ2v) is 6.26. The Labute approximate surface area is 105 Å². The third-order valence-corrected chi connectivity index (χ3v) is 5.08. The molecule has 0 bridgehead atoms. The van der Waals surface area contributed by atoms with Crippen molar-refractivity contribution in [3.63, 3.8) is 0 Å². The normalized spacial score (nSPS) is 28.5. The number of nitrogens with one attached hydrogen (secondary N) is 1. The standard InChI is InChI=1S/C13H26N2S/c1-2-15(13-6-4-3-5-7-13)10-12-11-16-9-8-14-12/h12-14H,2-11H2,1H3. The van der Waals surface area contributed by atoms with Crippen LogP contribution >= 0.6 is 11.8 Å². The molecule has 1 N–H and O–H groups in total. The van der Waals surface area contributed by atoms with Gasteiger partial charge in [-0.15, -0.1) is 0 Å². The zero-order chi connectivity index (χ0) is 11.2. The predicted octanol–water partition coefficient (Wildman–Crippen LogP) is 2.35. The Morgan fingerprint density at radius 3 is 2.69 bits per heavy atom. The van der Waals surface area contributed by atoms with Crippen LogP contribution < -0.4 is 5.32 Å². The van der Waals surface area contributed by atoms with Crippen molar-refractivity contribution in [1.29, 1.82) is 0 Å². The van der Waals surface area contributed by atoms with Gasteiger partial charge in [0.15, 0.2) is 0 Å². The smallest absolute Gasteiger partial charge is 0.0286 e. The summed E-state index contributed by atoms with van der Waals surface area (Å²) in [6.07, 6.45) is 7.25. The first-order valence-electron chi connectivity index (χ1n) is 6.95. The van der Waals surface area contributed by atoms with Crippen LogP contribution in [0, 0.1) is 0 Å². The van der Waals surface area contributed by atoms with Crippen LogP contribution in [0.3, 0.4) is 0 Å². The van der Waals surface area contributed by atoms with Crippen LogP contribution in [0.2, 0.25) is 0 Å². The van der Waals surface area contributed by atoms with E-state index in [0.717, 1.165) is 12.1 Å². The number of hydrogen-bond donors (Lipinski definition) is 1. The Bertz CT molecular complexity index is 186. The van der Waals surface area contributed by atoms with E-state index in [1.54, 1.807) is 0 Å². The summed E-state index contributed by atoms with van der Waals surface area (Å²) in [6.45, 7) is 6.03. The number of nitrogens with zero attached hydrogens (tertiary/aromatic N) is 1. The average Bonchev–Trinajstić information content (AvgIpc) is 2.38. The molecule has 0 radical (unpaired) electrons. The highest BCUT2D eigenvalue weighted by Crippen LogP contribution is 2.23. The summed E-state index contributed by atoms with van der Waals surface area (Å²) < 4.78 is 0. The molecule has 0 aromatic rings. The van der Waals surface area contributed by atoms with Crippen LogP contribution in [0.1, 0.15) is 39.0 Å². The number of likely N-dealkylation sites (N-methyl/N-ethyl adjacent to an activating group) is 1. The molecule has 2 aliphatic rings. The first-order chi connectivity index (χ1) is 7.90. The lowest BCUT2D eigenvalue weighted by Gasteiger charge is -2.37. The van der Waals surface area contributed by atoms with Gasteiger partial charge in [-0.05, 0) is 19.4 Å². The highest BCUT2D eigenvalue weighted by atomic mass is 32.2. The Hall–Kier alpha value is 0.270. The maximum atomic E-state index is 3.66. The van der Waals surface area contributed by atoms with Crippen molar-refractivity contribution in [2.75, 3.05) is 31.1 Å². The fraction of sp³-hybridized carbons (Fsp3) is 1.00. The van der Waals surface area contributed by atoms with E-state index >= 15 is 0 Å². The molecule has 1 aliphatic carbocycles. The molecule has 1 aliphatic heterocycles. The number of rotatable bonds is 4. The van der Waals surface area contributed by atoms with E-state index in [2.05, 4.69) is 28.9 Å². The Morgan fingerprint density at radius 1 is 1.25 bits per heavy atom. The molecule has 3 heteroatoms. The molecule has 0 spiro atoms. The lowest BCUT2D eigenvalue weighted by molar-refractivity contribution is 0.151. The van der Waals surface area contributed by atoms with Crippen LogP contribution in [0.4, 0.5) is 0 Å². The molecule has 2 rings (SSSR count). The van der Waals surface area contributed by atoms with E-state index in [1.165, 1.54) is 63.2 Å². The van der Waals surface area contributed by atoms with Crippen LogP contribution in [0.25, 0.3) is 0 Å². The minimum absolute atomic E-state index is 0.737.